The smallest absolute Gasteiger partial charge is 0.264 e. The molecule has 124 valence electrons. The second-order valence-corrected chi connectivity index (χ2v) is 6.47. The lowest BCUT2D eigenvalue weighted by Gasteiger charge is -2.08. The molecular weight excluding hydrogens is 358 g/mol. The van der Waals surface area contributed by atoms with E-state index < -0.39 is 17.5 Å². The topological polar surface area (TPSA) is 51.2 Å². The number of anilines is 1. The van der Waals surface area contributed by atoms with Gasteiger partial charge in [-0.25, -0.2) is 13.8 Å². The second kappa shape index (κ2) is 6.70. The molecule has 0 aliphatic carbocycles. The third-order valence-corrected chi connectivity index (χ3v) is 4.31. The number of hydrogen-bond donors (Lipinski definition) is 1. The van der Waals surface area contributed by atoms with Crippen molar-refractivity contribution in [2.45, 2.75) is 6.92 Å². The predicted molar refractivity (Wildman–Crippen MR) is 89.8 cm³/mol. The molecule has 1 amide bonds. The minimum absolute atomic E-state index is 0.0196. The van der Waals surface area contributed by atoms with Crippen LogP contribution in [0.1, 0.15) is 5.56 Å². The average Bonchev–Trinajstić information content (AvgIpc) is 2.89. The summed E-state index contributed by atoms with van der Waals surface area (Å²) >= 11 is 6.84. The molecule has 2 aromatic carbocycles. The molecule has 3 rings (SSSR count). The first-order chi connectivity index (χ1) is 11.4. The van der Waals surface area contributed by atoms with Crippen LogP contribution in [0.3, 0.4) is 0 Å². The van der Waals surface area contributed by atoms with Crippen molar-refractivity contribution in [3.8, 4) is 5.75 Å². The van der Waals surface area contributed by atoms with Crippen LogP contribution in [0.5, 0.6) is 5.75 Å². The molecule has 0 spiro atoms. The minimum Gasteiger partial charge on any atom is -0.483 e. The maximum atomic E-state index is 13.6. The molecule has 3 aromatic rings. The molecule has 24 heavy (non-hydrogen) atoms. The van der Waals surface area contributed by atoms with E-state index in [9.17, 15) is 13.6 Å². The van der Waals surface area contributed by atoms with Crippen molar-refractivity contribution < 1.29 is 18.3 Å². The van der Waals surface area contributed by atoms with E-state index in [-0.39, 0.29) is 17.3 Å². The Hall–Kier alpha value is -2.25. The quantitative estimate of drug-likeness (QED) is 0.734. The predicted octanol–water partition coefficient (Wildman–Crippen LogP) is 4.55. The van der Waals surface area contributed by atoms with Gasteiger partial charge in [0.15, 0.2) is 17.6 Å². The summed E-state index contributed by atoms with van der Waals surface area (Å²) in [5.74, 6) is -1.38. The van der Waals surface area contributed by atoms with Gasteiger partial charge in [0, 0.05) is 11.1 Å². The van der Waals surface area contributed by atoms with Gasteiger partial charge in [0.25, 0.3) is 5.91 Å². The summed E-state index contributed by atoms with van der Waals surface area (Å²) < 4.78 is 32.5. The molecule has 0 aliphatic rings. The highest BCUT2D eigenvalue weighted by Gasteiger charge is 2.13. The molecule has 0 aliphatic heterocycles. The van der Waals surface area contributed by atoms with E-state index in [1.54, 1.807) is 18.2 Å². The third kappa shape index (κ3) is 3.63. The van der Waals surface area contributed by atoms with Crippen LogP contribution in [0.25, 0.3) is 10.2 Å². The van der Waals surface area contributed by atoms with Crippen molar-refractivity contribution in [2.75, 3.05) is 11.9 Å². The number of ether oxygens (including phenoxy) is 1. The van der Waals surface area contributed by atoms with Crippen molar-refractivity contribution in [2.24, 2.45) is 0 Å². The van der Waals surface area contributed by atoms with Crippen LogP contribution in [0.15, 0.2) is 30.3 Å². The molecular formula is C16H11ClF2N2O2S. The fraction of sp³-hybridized carbons (Fsp3) is 0.125. The number of rotatable bonds is 4. The first-order valence-electron chi connectivity index (χ1n) is 6.87. The van der Waals surface area contributed by atoms with Gasteiger partial charge in [-0.1, -0.05) is 22.9 Å². The number of carbonyl (C=O) groups excluding carboxylic acids is 1. The lowest BCUT2D eigenvalue weighted by Crippen LogP contribution is -2.20. The normalized spacial score (nSPS) is 10.8. The van der Waals surface area contributed by atoms with Gasteiger partial charge >= 0.3 is 0 Å². The number of thiazole rings is 1. The van der Waals surface area contributed by atoms with Gasteiger partial charge < -0.3 is 4.74 Å². The van der Waals surface area contributed by atoms with E-state index in [0.717, 1.165) is 23.0 Å². The fourth-order valence-electron chi connectivity index (χ4n) is 2.08. The van der Waals surface area contributed by atoms with Crippen LogP contribution >= 0.6 is 22.9 Å². The lowest BCUT2D eigenvalue weighted by atomic mass is 10.2. The zero-order valence-electron chi connectivity index (χ0n) is 12.4. The Morgan fingerprint density at radius 1 is 1.33 bits per heavy atom. The van der Waals surface area contributed by atoms with E-state index in [2.05, 4.69) is 10.3 Å². The fourth-order valence-corrected chi connectivity index (χ4v) is 3.23. The Kier molecular flexibility index (Phi) is 4.64. The summed E-state index contributed by atoms with van der Waals surface area (Å²) in [6.07, 6.45) is 0. The van der Waals surface area contributed by atoms with Crippen molar-refractivity contribution in [3.63, 3.8) is 0 Å². The Balaban J connectivity index is 1.67. The summed E-state index contributed by atoms with van der Waals surface area (Å²) in [4.78, 5) is 15.9. The van der Waals surface area contributed by atoms with Crippen LogP contribution in [-0.4, -0.2) is 17.5 Å². The maximum absolute atomic E-state index is 13.6. The molecule has 1 N–H and O–H groups in total. The van der Waals surface area contributed by atoms with Crippen LogP contribution < -0.4 is 10.1 Å². The molecule has 8 heteroatoms. The van der Waals surface area contributed by atoms with Crippen molar-refractivity contribution in [1.29, 1.82) is 0 Å². The summed E-state index contributed by atoms with van der Waals surface area (Å²) in [7, 11) is 0. The summed E-state index contributed by atoms with van der Waals surface area (Å²) in [6, 6.07) is 6.96. The van der Waals surface area contributed by atoms with Gasteiger partial charge in [0.05, 0.1) is 4.70 Å². The van der Waals surface area contributed by atoms with Crippen LogP contribution in [-0.2, 0) is 4.79 Å². The number of benzene rings is 2. The summed E-state index contributed by atoms with van der Waals surface area (Å²) in [5, 5.41) is 3.26. The number of halogens is 3. The van der Waals surface area contributed by atoms with Gasteiger partial charge in [-0.15, -0.1) is 0 Å². The van der Waals surface area contributed by atoms with E-state index in [1.165, 1.54) is 6.07 Å². The molecule has 0 radical (unpaired) electrons. The number of aromatic nitrogens is 1. The molecule has 0 saturated carbocycles. The second-order valence-electron chi connectivity index (χ2n) is 5.00. The highest BCUT2D eigenvalue weighted by molar-refractivity contribution is 7.22. The summed E-state index contributed by atoms with van der Waals surface area (Å²) in [5.41, 5.74) is 0.819. The molecule has 1 aromatic heterocycles. The number of aryl methyl sites for hydroxylation is 1. The lowest BCUT2D eigenvalue weighted by molar-refractivity contribution is -0.118. The Morgan fingerprint density at radius 2 is 2.12 bits per heavy atom. The molecule has 0 atom stereocenters. The monoisotopic (exact) mass is 368 g/mol. The van der Waals surface area contributed by atoms with Crippen LogP contribution in [0.2, 0.25) is 5.02 Å². The Labute approximate surface area is 145 Å². The standard InChI is InChI=1S/C16H11ClF2N2O2S/c1-8-4-9(17)2-3-12(8)23-7-14(22)20-16-21-15-11(19)5-10(18)6-13(15)24-16/h2-6H,7H2,1H3,(H,20,21,22). The molecule has 1 heterocycles. The molecule has 0 saturated heterocycles. The molecule has 0 fully saturated rings. The Bertz CT molecular complexity index is 930. The molecule has 0 bridgehead atoms. The average molecular weight is 369 g/mol. The zero-order valence-corrected chi connectivity index (χ0v) is 14.0. The van der Waals surface area contributed by atoms with E-state index in [1.807, 2.05) is 6.92 Å². The van der Waals surface area contributed by atoms with Crippen LogP contribution in [0, 0.1) is 18.6 Å². The number of hydrogen-bond acceptors (Lipinski definition) is 4. The third-order valence-electron chi connectivity index (χ3n) is 3.16. The van der Waals surface area contributed by atoms with E-state index >= 15 is 0 Å². The highest BCUT2D eigenvalue weighted by atomic mass is 35.5. The van der Waals surface area contributed by atoms with Gasteiger partial charge in [0.1, 0.15) is 17.1 Å². The number of nitrogens with one attached hydrogen (secondary N) is 1. The largest absolute Gasteiger partial charge is 0.483 e. The first kappa shape index (κ1) is 16.6. The van der Waals surface area contributed by atoms with Crippen LogP contribution in [0.4, 0.5) is 13.9 Å². The van der Waals surface area contributed by atoms with E-state index in [4.69, 9.17) is 16.3 Å². The van der Waals surface area contributed by atoms with Gasteiger partial charge in [-0.3, -0.25) is 10.1 Å². The minimum atomic E-state index is -0.769. The summed E-state index contributed by atoms with van der Waals surface area (Å²) in [6.45, 7) is 1.57. The number of carbonyl (C=O) groups is 1. The Morgan fingerprint density at radius 3 is 2.88 bits per heavy atom. The first-order valence-corrected chi connectivity index (χ1v) is 8.06. The van der Waals surface area contributed by atoms with E-state index in [0.29, 0.717) is 15.5 Å². The zero-order chi connectivity index (χ0) is 17.3. The number of fused-ring (bicyclic) bond motifs is 1. The van der Waals surface area contributed by atoms with Gasteiger partial charge in [0.2, 0.25) is 0 Å². The maximum Gasteiger partial charge on any atom is 0.264 e. The van der Waals surface area contributed by atoms with Crippen molar-refractivity contribution in [1.82, 2.24) is 4.98 Å². The number of nitrogens with zero attached hydrogens (tertiary/aromatic N) is 1. The molecule has 0 unspecified atom stereocenters. The molecule has 4 nitrogen and oxygen atoms in total. The van der Waals surface area contributed by atoms with Crippen molar-refractivity contribution >= 4 is 44.2 Å². The SMILES string of the molecule is Cc1cc(Cl)ccc1OCC(=O)Nc1nc2c(F)cc(F)cc2s1. The van der Waals surface area contributed by atoms with Gasteiger partial charge in [-0.2, -0.15) is 0 Å². The van der Waals surface area contributed by atoms with Gasteiger partial charge in [-0.05, 0) is 36.8 Å². The van der Waals surface area contributed by atoms with Crippen molar-refractivity contribution in [3.05, 3.63) is 52.6 Å². The highest BCUT2D eigenvalue weighted by Crippen LogP contribution is 2.28. The number of amides is 1.